The molecule has 0 fully saturated rings. The van der Waals surface area contributed by atoms with Crippen LogP contribution < -0.4 is 10.1 Å². The molecule has 128 valence electrons. The monoisotopic (exact) mass is 376 g/mol. The minimum Gasteiger partial charge on any atom is -0.495 e. The van der Waals surface area contributed by atoms with Gasteiger partial charge in [0.1, 0.15) is 5.75 Å². The van der Waals surface area contributed by atoms with Gasteiger partial charge in [-0.15, -0.1) is 0 Å². The van der Waals surface area contributed by atoms with Gasteiger partial charge in [0.05, 0.1) is 24.9 Å². The summed E-state index contributed by atoms with van der Waals surface area (Å²) in [5.74, 6) is 0.844. The number of nitrogens with one attached hydrogen (secondary N) is 1. The third-order valence-corrected chi connectivity index (χ3v) is 3.95. The molecule has 0 unspecified atom stereocenters. The fourth-order valence-electron chi connectivity index (χ4n) is 2.28. The number of amides is 1. The standard InChI is InChI=1S/C18H14Cl2N2O3/c1-24-16-7-6-13(20)8-15(16)21-18(23)10-14-9-17(25-22-14)11-2-4-12(19)5-3-11/h2-9H,10H2,1H3,(H,21,23). The molecule has 0 spiro atoms. The van der Waals surface area contributed by atoms with E-state index in [-0.39, 0.29) is 12.3 Å². The summed E-state index contributed by atoms with van der Waals surface area (Å²) in [6, 6.07) is 13.9. The third-order valence-electron chi connectivity index (χ3n) is 3.46. The van der Waals surface area contributed by atoms with Crippen molar-refractivity contribution >= 4 is 34.8 Å². The largest absolute Gasteiger partial charge is 0.495 e. The Morgan fingerprint density at radius 3 is 2.56 bits per heavy atom. The Balaban J connectivity index is 1.70. The number of carbonyl (C=O) groups excluding carboxylic acids is 1. The third kappa shape index (κ3) is 4.32. The Hall–Kier alpha value is -2.50. The van der Waals surface area contributed by atoms with Gasteiger partial charge in [-0.1, -0.05) is 28.4 Å². The van der Waals surface area contributed by atoms with Crippen LogP contribution in [0.5, 0.6) is 5.75 Å². The summed E-state index contributed by atoms with van der Waals surface area (Å²) >= 11 is 11.8. The molecule has 1 N–H and O–H groups in total. The van der Waals surface area contributed by atoms with Gasteiger partial charge in [-0.25, -0.2) is 0 Å². The average molecular weight is 377 g/mol. The average Bonchev–Trinajstić information content (AvgIpc) is 3.04. The van der Waals surface area contributed by atoms with E-state index in [1.807, 2.05) is 12.1 Å². The first-order chi connectivity index (χ1) is 12.0. The lowest BCUT2D eigenvalue weighted by Crippen LogP contribution is -2.15. The summed E-state index contributed by atoms with van der Waals surface area (Å²) < 4.78 is 10.5. The molecular weight excluding hydrogens is 363 g/mol. The van der Waals surface area contributed by atoms with Crippen molar-refractivity contribution in [3.05, 3.63) is 64.3 Å². The highest BCUT2D eigenvalue weighted by Crippen LogP contribution is 2.28. The first-order valence-electron chi connectivity index (χ1n) is 7.40. The fourth-order valence-corrected chi connectivity index (χ4v) is 2.58. The van der Waals surface area contributed by atoms with Crippen LogP contribution in [0, 0.1) is 0 Å². The van der Waals surface area contributed by atoms with E-state index in [1.54, 1.807) is 36.4 Å². The van der Waals surface area contributed by atoms with Gasteiger partial charge < -0.3 is 14.6 Å². The van der Waals surface area contributed by atoms with Gasteiger partial charge in [-0.2, -0.15) is 0 Å². The van der Waals surface area contributed by atoms with E-state index >= 15 is 0 Å². The van der Waals surface area contributed by atoms with Crippen LogP contribution in [0.25, 0.3) is 11.3 Å². The minimum absolute atomic E-state index is 0.0623. The molecule has 25 heavy (non-hydrogen) atoms. The van der Waals surface area contributed by atoms with E-state index in [1.165, 1.54) is 7.11 Å². The second-order valence-corrected chi connectivity index (χ2v) is 6.13. The van der Waals surface area contributed by atoms with Crippen LogP contribution in [-0.4, -0.2) is 18.2 Å². The Labute approximate surface area is 154 Å². The maximum Gasteiger partial charge on any atom is 0.230 e. The molecule has 0 aliphatic heterocycles. The number of benzene rings is 2. The van der Waals surface area contributed by atoms with Crippen molar-refractivity contribution in [1.82, 2.24) is 5.16 Å². The Morgan fingerprint density at radius 1 is 1.12 bits per heavy atom. The van der Waals surface area contributed by atoms with Crippen LogP contribution >= 0.6 is 23.2 Å². The minimum atomic E-state index is -0.253. The number of carbonyl (C=O) groups is 1. The van der Waals surface area contributed by atoms with Crippen molar-refractivity contribution in [2.75, 3.05) is 12.4 Å². The topological polar surface area (TPSA) is 64.4 Å². The lowest BCUT2D eigenvalue weighted by atomic mass is 10.1. The number of nitrogens with zero attached hydrogens (tertiary/aromatic N) is 1. The second kappa shape index (κ2) is 7.59. The molecule has 0 radical (unpaired) electrons. The molecule has 3 rings (SSSR count). The summed E-state index contributed by atoms with van der Waals surface area (Å²) in [5, 5.41) is 7.83. The molecule has 7 heteroatoms. The number of hydrogen-bond acceptors (Lipinski definition) is 4. The van der Waals surface area contributed by atoms with Gasteiger partial charge in [0, 0.05) is 21.7 Å². The molecule has 0 saturated heterocycles. The van der Waals surface area contributed by atoms with Gasteiger partial charge in [0.2, 0.25) is 5.91 Å². The molecule has 1 amide bonds. The summed E-state index contributed by atoms with van der Waals surface area (Å²) in [6.07, 6.45) is 0.0623. The number of methoxy groups -OCH3 is 1. The molecule has 2 aromatic carbocycles. The van der Waals surface area contributed by atoms with E-state index in [4.69, 9.17) is 32.5 Å². The van der Waals surface area contributed by atoms with Crippen molar-refractivity contribution in [3.8, 4) is 17.1 Å². The number of halogens is 2. The molecular formula is C18H14Cl2N2O3. The van der Waals surface area contributed by atoms with Gasteiger partial charge in [0.15, 0.2) is 5.76 Å². The highest BCUT2D eigenvalue weighted by molar-refractivity contribution is 6.31. The lowest BCUT2D eigenvalue weighted by molar-refractivity contribution is -0.115. The Morgan fingerprint density at radius 2 is 1.84 bits per heavy atom. The van der Waals surface area contributed by atoms with E-state index in [9.17, 15) is 4.79 Å². The lowest BCUT2D eigenvalue weighted by Gasteiger charge is -2.09. The Bertz CT molecular complexity index is 892. The summed E-state index contributed by atoms with van der Waals surface area (Å²) in [5.41, 5.74) is 1.85. The quantitative estimate of drug-likeness (QED) is 0.691. The second-order valence-electron chi connectivity index (χ2n) is 5.26. The van der Waals surface area contributed by atoms with Crippen molar-refractivity contribution in [2.45, 2.75) is 6.42 Å². The maximum absolute atomic E-state index is 12.2. The van der Waals surface area contributed by atoms with Gasteiger partial charge >= 0.3 is 0 Å². The van der Waals surface area contributed by atoms with E-state index in [0.29, 0.717) is 32.9 Å². The van der Waals surface area contributed by atoms with Crippen LogP contribution in [-0.2, 0) is 11.2 Å². The predicted octanol–water partition coefficient (Wildman–Crippen LogP) is 4.84. The molecule has 1 aromatic heterocycles. The zero-order valence-electron chi connectivity index (χ0n) is 13.3. The van der Waals surface area contributed by atoms with Crippen molar-refractivity contribution < 1.29 is 14.1 Å². The summed E-state index contributed by atoms with van der Waals surface area (Å²) in [4.78, 5) is 12.2. The van der Waals surface area contributed by atoms with E-state index in [0.717, 1.165) is 5.56 Å². The zero-order chi connectivity index (χ0) is 17.8. The number of anilines is 1. The first-order valence-corrected chi connectivity index (χ1v) is 8.15. The van der Waals surface area contributed by atoms with Crippen molar-refractivity contribution in [1.29, 1.82) is 0 Å². The SMILES string of the molecule is COc1ccc(Cl)cc1NC(=O)Cc1cc(-c2ccc(Cl)cc2)on1. The van der Waals surface area contributed by atoms with Gasteiger partial charge in [0.25, 0.3) is 0 Å². The highest BCUT2D eigenvalue weighted by Gasteiger charge is 2.13. The van der Waals surface area contributed by atoms with Crippen molar-refractivity contribution in [3.63, 3.8) is 0 Å². The molecule has 5 nitrogen and oxygen atoms in total. The molecule has 0 bridgehead atoms. The molecule has 3 aromatic rings. The normalized spacial score (nSPS) is 10.5. The number of ether oxygens (including phenoxy) is 1. The summed E-state index contributed by atoms with van der Waals surface area (Å²) in [7, 11) is 1.52. The van der Waals surface area contributed by atoms with Crippen molar-refractivity contribution in [2.24, 2.45) is 0 Å². The molecule has 0 aliphatic rings. The van der Waals surface area contributed by atoms with E-state index in [2.05, 4.69) is 10.5 Å². The molecule has 1 heterocycles. The number of hydrogen-bond donors (Lipinski definition) is 1. The smallest absolute Gasteiger partial charge is 0.230 e. The molecule has 0 atom stereocenters. The van der Waals surface area contributed by atoms with Crippen LogP contribution in [0.1, 0.15) is 5.69 Å². The zero-order valence-corrected chi connectivity index (χ0v) is 14.8. The Kier molecular flexibility index (Phi) is 5.26. The van der Waals surface area contributed by atoms with Crippen LogP contribution in [0.3, 0.4) is 0 Å². The fraction of sp³-hybridized carbons (Fsp3) is 0.111. The van der Waals surface area contributed by atoms with Crippen LogP contribution in [0.4, 0.5) is 5.69 Å². The van der Waals surface area contributed by atoms with Crippen LogP contribution in [0.15, 0.2) is 53.1 Å². The predicted molar refractivity (Wildman–Crippen MR) is 97.3 cm³/mol. The number of aromatic nitrogens is 1. The van der Waals surface area contributed by atoms with E-state index < -0.39 is 0 Å². The number of rotatable bonds is 5. The first kappa shape index (κ1) is 17.3. The van der Waals surface area contributed by atoms with Gasteiger partial charge in [-0.05, 0) is 42.5 Å². The summed E-state index contributed by atoms with van der Waals surface area (Å²) in [6.45, 7) is 0. The maximum atomic E-state index is 12.2. The van der Waals surface area contributed by atoms with Crippen LogP contribution in [0.2, 0.25) is 10.0 Å². The molecule has 0 aliphatic carbocycles. The molecule has 0 saturated carbocycles. The van der Waals surface area contributed by atoms with Gasteiger partial charge in [-0.3, -0.25) is 4.79 Å². The highest BCUT2D eigenvalue weighted by atomic mass is 35.5.